The van der Waals surface area contributed by atoms with Gasteiger partial charge in [-0.25, -0.2) is 18.7 Å². The highest BCUT2D eigenvalue weighted by atomic mass is 19.2. The van der Waals surface area contributed by atoms with Gasteiger partial charge in [0, 0.05) is 18.7 Å². The summed E-state index contributed by atoms with van der Waals surface area (Å²) in [6, 6.07) is 5.34. The number of hydrogen-bond acceptors (Lipinski definition) is 6. The quantitative estimate of drug-likeness (QED) is 0.746. The first-order valence-corrected chi connectivity index (χ1v) is 8.18. The van der Waals surface area contributed by atoms with E-state index in [0.717, 1.165) is 37.3 Å². The molecular formula is C17H20F2N4O2. The van der Waals surface area contributed by atoms with Crippen LogP contribution in [0.1, 0.15) is 12.8 Å². The molecular weight excluding hydrogens is 330 g/mol. The summed E-state index contributed by atoms with van der Waals surface area (Å²) in [6.45, 7) is 1.68. The minimum absolute atomic E-state index is 0.0967. The molecule has 0 aliphatic carbocycles. The molecule has 0 bridgehead atoms. The molecule has 2 N–H and O–H groups in total. The van der Waals surface area contributed by atoms with Gasteiger partial charge in [0.25, 0.3) is 0 Å². The van der Waals surface area contributed by atoms with Crippen LogP contribution in [0.4, 0.5) is 20.4 Å². The van der Waals surface area contributed by atoms with Gasteiger partial charge in [-0.15, -0.1) is 0 Å². The molecule has 8 heteroatoms. The van der Waals surface area contributed by atoms with Gasteiger partial charge in [-0.05, 0) is 25.0 Å². The minimum Gasteiger partial charge on any atom is -0.492 e. The van der Waals surface area contributed by atoms with E-state index in [1.54, 1.807) is 0 Å². The standard InChI is InChI=1S/C17H20F2N4O2/c18-14-4-3-13(8-15(14)19)25-7-5-20-16-9-17(22-11-21-16)23-6-1-2-12(23)10-24/h3-4,8-9,11-12,24H,1-2,5-7,10H2,(H,20,21,22). The number of nitrogens with one attached hydrogen (secondary N) is 1. The highest BCUT2D eigenvalue weighted by Crippen LogP contribution is 2.24. The maximum absolute atomic E-state index is 13.1. The zero-order valence-corrected chi connectivity index (χ0v) is 13.7. The van der Waals surface area contributed by atoms with Crippen molar-refractivity contribution in [3.63, 3.8) is 0 Å². The zero-order valence-electron chi connectivity index (χ0n) is 13.7. The number of aliphatic hydroxyl groups is 1. The topological polar surface area (TPSA) is 70.5 Å². The summed E-state index contributed by atoms with van der Waals surface area (Å²) >= 11 is 0. The lowest BCUT2D eigenvalue weighted by Crippen LogP contribution is -2.32. The summed E-state index contributed by atoms with van der Waals surface area (Å²) in [6.07, 6.45) is 3.45. The monoisotopic (exact) mass is 350 g/mol. The molecule has 0 saturated carbocycles. The predicted octanol–water partition coefficient (Wildman–Crippen LogP) is 2.21. The molecule has 6 nitrogen and oxygen atoms in total. The van der Waals surface area contributed by atoms with Gasteiger partial charge < -0.3 is 20.1 Å². The number of halogens is 2. The number of benzene rings is 1. The van der Waals surface area contributed by atoms with Gasteiger partial charge >= 0.3 is 0 Å². The fourth-order valence-electron chi connectivity index (χ4n) is 2.84. The van der Waals surface area contributed by atoms with Gasteiger partial charge in [0.15, 0.2) is 11.6 Å². The Bertz CT molecular complexity index is 717. The lowest BCUT2D eigenvalue weighted by molar-refractivity contribution is 0.266. The van der Waals surface area contributed by atoms with Gasteiger partial charge in [-0.1, -0.05) is 0 Å². The van der Waals surface area contributed by atoms with Crippen LogP contribution in [0.3, 0.4) is 0 Å². The van der Waals surface area contributed by atoms with E-state index in [4.69, 9.17) is 4.74 Å². The van der Waals surface area contributed by atoms with Gasteiger partial charge in [0.1, 0.15) is 30.3 Å². The summed E-state index contributed by atoms with van der Waals surface area (Å²) in [5.74, 6) is -0.151. The highest BCUT2D eigenvalue weighted by Gasteiger charge is 2.25. The van der Waals surface area contributed by atoms with Crippen LogP contribution in [0.2, 0.25) is 0 Å². The summed E-state index contributed by atoms with van der Waals surface area (Å²) in [5.41, 5.74) is 0. The van der Waals surface area contributed by atoms with E-state index in [1.807, 2.05) is 6.07 Å². The van der Waals surface area contributed by atoms with Crippen molar-refractivity contribution in [2.45, 2.75) is 18.9 Å². The Morgan fingerprint density at radius 3 is 2.92 bits per heavy atom. The molecule has 1 aliphatic rings. The van der Waals surface area contributed by atoms with Crippen molar-refractivity contribution < 1.29 is 18.6 Å². The molecule has 1 aromatic carbocycles. The molecule has 1 unspecified atom stereocenters. The first-order valence-electron chi connectivity index (χ1n) is 8.18. The largest absolute Gasteiger partial charge is 0.492 e. The second kappa shape index (κ2) is 8.06. The number of hydrogen-bond donors (Lipinski definition) is 2. The molecule has 0 spiro atoms. The fraction of sp³-hybridized carbons (Fsp3) is 0.412. The average molecular weight is 350 g/mol. The third kappa shape index (κ3) is 4.33. The van der Waals surface area contributed by atoms with E-state index in [9.17, 15) is 13.9 Å². The smallest absolute Gasteiger partial charge is 0.162 e. The van der Waals surface area contributed by atoms with Crippen molar-refractivity contribution in [1.29, 1.82) is 0 Å². The van der Waals surface area contributed by atoms with Crippen LogP contribution in [0.25, 0.3) is 0 Å². The summed E-state index contributed by atoms with van der Waals surface area (Å²) in [7, 11) is 0. The van der Waals surface area contributed by atoms with E-state index in [0.29, 0.717) is 12.4 Å². The average Bonchev–Trinajstić information content (AvgIpc) is 3.11. The zero-order chi connectivity index (χ0) is 17.6. The van der Waals surface area contributed by atoms with Crippen LogP contribution in [0.5, 0.6) is 5.75 Å². The van der Waals surface area contributed by atoms with Crippen LogP contribution < -0.4 is 15.0 Å². The molecule has 0 radical (unpaired) electrons. The number of aliphatic hydroxyl groups excluding tert-OH is 1. The van der Waals surface area contributed by atoms with Crippen molar-refractivity contribution in [2.24, 2.45) is 0 Å². The van der Waals surface area contributed by atoms with E-state index in [-0.39, 0.29) is 25.0 Å². The second-order valence-corrected chi connectivity index (χ2v) is 5.78. The summed E-state index contributed by atoms with van der Waals surface area (Å²) < 4.78 is 31.3. The Hall–Kier alpha value is -2.48. The van der Waals surface area contributed by atoms with Gasteiger partial charge in [-0.3, -0.25) is 0 Å². The van der Waals surface area contributed by atoms with E-state index < -0.39 is 11.6 Å². The third-order valence-electron chi connectivity index (χ3n) is 4.10. The molecule has 1 saturated heterocycles. The van der Waals surface area contributed by atoms with Crippen molar-refractivity contribution >= 4 is 11.6 Å². The van der Waals surface area contributed by atoms with Crippen LogP contribution in [-0.2, 0) is 0 Å². The molecule has 3 rings (SSSR count). The Morgan fingerprint density at radius 1 is 1.24 bits per heavy atom. The van der Waals surface area contributed by atoms with Crippen LogP contribution in [-0.4, -0.2) is 47.4 Å². The first kappa shape index (κ1) is 17.3. The van der Waals surface area contributed by atoms with Crippen LogP contribution in [0, 0.1) is 11.6 Å². The molecule has 1 atom stereocenters. The molecule has 1 fully saturated rings. The Kier molecular flexibility index (Phi) is 5.60. The van der Waals surface area contributed by atoms with E-state index in [1.165, 1.54) is 12.4 Å². The maximum Gasteiger partial charge on any atom is 0.162 e. The summed E-state index contributed by atoms with van der Waals surface area (Å²) in [4.78, 5) is 10.5. The van der Waals surface area contributed by atoms with Crippen molar-refractivity contribution in [3.05, 3.63) is 42.2 Å². The molecule has 1 aromatic heterocycles. The van der Waals surface area contributed by atoms with Crippen molar-refractivity contribution in [1.82, 2.24) is 9.97 Å². The minimum atomic E-state index is -0.935. The predicted molar refractivity (Wildman–Crippen MR) is 89.8 cm³/mol. The van der Waals surface area contributed by atoms with Gasteiger partial charge in [0.05, 0.1) is 19.2 Å². The molecule has 0 amide bonds. The van der Waals surface area contributed by atoms with Crippen LogP contribution in [0.15, 0.2) is 30.6 Å². The number of anilines is 2. The van der Waals surface area contributed by atoms with Crippen LogP contribution >= 0.6 is 0 Å². The molecule has 134 valence electrons. The Balaban J connectivity index is 1.51. The Labute approximate surface area is 144 Å². The fourth-order valence-corrected chi connectivity index (χ4v) is 2.84. The molecule has 2 aromatic rings. The SMILES string of the molecule is OCC1CCCN1c1cc(NCCOc2ccc(F)c(F)c2)ncn1. The lowest BCUT2D eigenvalue weighted by Gasteiger charge is -2.24. The molecule has 1 aliphatic heterocycles. The second-order valence-electron chi connectivity index (χ2n) is 5.78. The number of ether oxygens (including phenoxy) is 1. The summed E-state index contributed by atoms with van der Waals surface area (Å²) in [5, 5.41) is 12.5. The first-order chi connectivity index (χ1) is 12.2. The highest BCUT2D eigenvalue weighted by molar-refractivity contribution is 5.49. The number of nitrogens with zero attached hydrogens (tertiary/aromatic N) is 3. The van der Waals surface area contributed by atoms with Gasteiger partial charge in [0.2, 0.25) is 0 Å². The maximum atomic E-state index is 13.1. The Morgan fingerprint density at radius 2 is 2.12 bits per heavy atom. The normalized spacial score (nSPS) is 16.9. The van der Waals surface area contributed by atoms with E-state index >= 15 is 0 Å². The molecule has 2 heterocycles. The lowest BCUT2D eigenvalue weighted by atomic mass is 10.2. The molecule has 25 heavy (non-hydrogen) atoms. The van der Waals surface area contributed by atoms with Crippen molar-refractivity contribution in [3.8, 4) is 5.75 Å². The van der Waals surface area contributed by atoms with E-state index in [2.05, 4.69) is 20.2 Å². The van der Waals surface area contributed by atoms with Crippen molar-refractivity contribution in [2.75, 3.05) is 36.5 Å². The number of aromatic nitrogens is 2. The third-order valence-corrected chi connectivity index (χ3v) is 4.10. The number of rotatable bonds is 7. The van der Waals surface area contributed by atoms with Gasteiger partial charge in [-0.2, -0.15) is 0 Å².